The summed E-state index contributed by atoms with van der Waals surface area (Å²) in [7, 11) is -3.22. The first-order valence-electron chi connectivity index (χ1n) is 7.90. The van der Waals surface area contributed by atoms with E-state index in [1.54, 1.807) is 24.0 Å². The molecule has 1 amide bonds. The summed E-state index contributed by atoms with van der Waals surface area (Å²) in [6.45, 7) is 1.61. The van der Waals surface area contributed by atoms with Gasteiger partial charge in [-0.1, -0.05) is 17.8 Å². The number of halogens is 1. The molecule has 3 rings (SSSR count). The molecule has 0 saturated carbocycles. The molecule has 1 aromatic carbocycles. The Morgan fingerprint density at radius 2 is 2.08 bits per heavy atom. The number of sulfone groups is 1. The molecule has 0 N–H and O–H groups in total. The minimum atomic E-state index is -3.22. The largest absolute Gasteiger partial charge is 0.550 e. The molecule has 2 saturated heterocycles. The van der Waals surface area contributed by atoms with Gasteiger partial charge in [-0.15, -0.1) is 0 Å². The van der Waals surface area contributed by atoms with Crippen LogP contribution in [0, 0.1) is 12.7 Å². The Labute approximate surface area is 154 Å². The number of rotatable bonds is 4. The van der Waals surface area contributed by atoms with Crippen LogP contribution in [0.25, 0.3) is 0 Å². The summed E-state index contributed by atoms with van der Waals surface area (Å²) in [4.78, 5) is 27.9. The number of carboxylic acids is 1. The van der Waals surface area contributed by atoms with Gasteiger partial charge >= 0.3 is 0 Å². The fourth-order valence-electron chi connectivity index (χ4n) is 2.97. The van der Waals surface area contributed by atoms with Crippen molar-refractivity contribution in [2.45, 2.75) is 31.1 Å². The first kappa shape index (κ1) is 18.8. The molecule has 2 heterocycles. The van der Waals surface area contributed by atoms with E-state index in [9.17, 15) is 27.5 Å². The quantitative estimate of drug-likeness (QED) is 0.715. The van der Waals surface area contributed by atoms with E-state index in [0.717, 1.165) is 11.8 Å². The van der Waals surface area contributed by atoms with Crippen LogP contribution in [0.4, 0.5) is 10.1 Å². The SMILES string of the molecule is Cc1ccc(N2C(=NC(=O)CCC(=O)[O-])S[C@@H]3CS(=O)(=O)C[C@H]32)cc1F. The number of carboxylic acid groups (broad SMARTS) is 1. The van der Waals surface area contributed by atoms with Gasteiger partial charge in [0.1, 0.15) is 5.82 Å². The van der Waals surface area contributed by atoms with Crippen LogP contribution in [0.1, 0.15) is 18.4 Å². The number of amides is 1. The van der Waals surface area contributed by atoms with E-state index in [-0.39, 0.29) is 28.3 Å². The number of carbonyl (C=O) groups is 2. The molecule has 0 bridgehead atoms. The standard InChI is InChI=1S/C16H17FN2O5S2/c1-9-2-3-10(6-11(9)17)19-12-7-26(23,24)8-13(12)25-16(19)18-14(20)4-5-15(21)22/h2-3,6,12-13H,4-5,7-8H2,1H3,(H,21,22)/p-1/t12-,13-/m1/s1. The van der Waals surface area contributed by atoms with E-state index >= 15 is 0 Å². The third kappa shape index (κ3) is 3.90. The van der Waals surface area contributed by atoms with Crippen molar-refractivity contribution in [3.63, 3.8) is 0 Å². The fraction of sp³-hybridized carbons (Fsp3) is 0.438. The van der Waals surface area contributed by atoms with Gasteiger partial charge in [-0.3, -0.25) is 4.79 Å². The second kappa shape index (κ2) is 6.99. The minimum absolute atomic E-state index is 0.0422. The zero-order valence-corrected chi connectivity index (χ0v) is 15.5. The predicted octanol–water partition coefficient (Wildman–Crippen LogP) is 0.266. The Hall–Kier alpha value is -1.94. The van der Waals surface area contributed by atoms with Gasteiger partial charge in [0, 0.05) is 23.3 Å². The fourth-order valence-corrected chi connectivity index (χ4v) is 6.90. The lowest BCUT2D eigenvalue weighted by Gasteiger charge is -2.24. The van der Waals surface area contributed by atoms with Gasteiger partial charge in [-0.2, -0.15) is 4.99 Å². The number of aryl methyl sites for hydroxylation is 1. The van der Waals surface area contributed by atoms with Gasteiger partial charge in [0.05, 0.1) is 17.5 Å². The van der Waals surface area contributed by atoms with Crippen LogP contribution in [0.3, 0.4) is 0 Å². The molecule has 0 radical (unpaired) electrons. The molecule has 10 heteroatoms. The normalized spacial score (nSPS) is 25.5. The van der Waals surface area contributed by atoms with Gasteiger partial charge in [0.25, 0.3) is 0 Å². The third-order valence-electron chi connectivity index (χ3n) is 4.26. The average Bonchev–Trinajstić information content (AvgIpc) is 2.99. The van der Waals surface area contributed by atoms with Gasteiger partial charge in [-0.05, 0) is 31.0 Å². The van der Waals surface area contributed by atoms with Crippen LogP contribution in [0.5, 0.6) is 0 Å². The van der Waals surface area contributed by atoms with Crippen molar-refractivity contribution in [3.8, 4) is 0 Å². The number of amidine groups is 1. The van der Waals surface area contributed by atoms with E-state index in [2.05, 4.69) is 4.99 Å². The first-order valence-corrected chi connectivity index (χ1v) is 10.6. The molecule has 7 nitrogen and oxygen atoms in total. The second-order valence-corrected chi connectivity index (χ2v) is 9.62. The number of anilines is 1. The second-order valence-electron chi connectivity index (χ2n) is 6.26. The number of nitrogens with zero attached hydrogens (tertiary/aromatic N) is 2. The Balaban J connectivity index is 1.94. The summed E-state index contributed by atoms with van der Waals surface area (Å²) in [5, 5.41) is 10.4. The summed E-state index contributed by atoms with van der Waals surface area (Å²) < 4.78 is 37.9. The highest BCUT2D eigenvalue weighted by Gasteiger charge is 2.49. The van der Waals surface area contributed by atoms with Crippen molar-refractivity contribution in [1.29, 1.82) is 0 Å². The Morgan fingerprint density at radius 3 is 2.73 bits per heavy atom. The zero-order chi connectivity index (χ0) is 19.1. The lowest BCUT2D eigenvalue weighted by atomic mass is 10.1. The van der Waals surface area contributed by atoms with Gasteiger partial charge < -0.3 is 14.8 Å². The molecule has 26 heavy (non-hydrogen) atoms. The number of hydrogen-bond acceptors (Lipinski definition) is 6. The summed E-state index contributed by atoms with van der Waals surface area (Å²) in [5.41, 5.74) is 0.858. The van der Waals surface area contributed by atoms with Crippen LogP contribution in [-0.4, -0.2) is 48.3 Å². The van der Waals surface area contributed by atoms with Crippen LogP contribution in [-0.2, 0) is 19.4 Å². The van der Waals surface area contributed by atoms with Crippen LogP contribution >= 0.6 is 11.8 Å². The first-order chi connectivity index (χ1) is 12.2. The van der Waals surface area contributed by atoms with Crippen molar-refractivity contribution in [2.24, 2.45) is 4.99 Å². The third-order valence-corrected chi connectivity index (χ3v) is 7.47. The van der Waals surface area contributed by atoms with Gasteiger partial charge in [0.2, 0.25) is 5.91 Å². The molecule has 0 aliphatic carbocycles. The summed E-state index contributed by atoms with van der Waals surface area (Å²) >= 11 is 1.15. The molecule has 0 spiro atoms. The number of aliphatic imine (C=N–C) groups is 1. The minimum Gasteiger partial charge on any atom is -0.550 e. The molecule has 2 aliphatic heterocycles. The Morgan fingerprint density at radius 1 is 1.35 bits per heavy atom. The summed E-state index contributed by atoms with van der Waals surface area (Å²) in [5.74, 6) is -2.58. The number of hydrogen-bond donors (Lipinski definition) is 0. The van der Waals surface area contributed by atoms with Crippen LogP contribution in [0.15, 0.2) is 23.2 Å². The molecule has 140 valence electrons. The lowest BCUT2D eigenvalue weighted by molar-refractivity contribution is -0.305. The molecule has 1 aromatic rings. The molecular formula is C16H16FN2O5S2-. The van der Waals surface area contributed by atoms with E-state index < -0.39 is 40.0 Å². The van der Waals surface area contributed by atoms with Crippen molar-refractivity contribution in [1.82, 2.24) is 0 Å². The molecule has 2 atom stereocenters. The maximum Gasteiger partial charge on any atom is 0.248 e. The summed E-state index contributed by atoms with van der Waals surface area (Å²) in [6.07, 6.45) is -0.753. The monoisotopic (exact) mass is 399 g/mol. The van der Waals surface area contributed by atoms with Gasteiger partial charge in [0.15, 0.2) is 15.0 Å². The zero-order valence-electron chi connectivity index (χ0n) is 13.8. The highest BCUT2D eigenvalue weighted by Crippen LogP contribution is 2.41. The van der Waals surface area contributed by atoms with Crippen molar-refractivity contribution in [3.05, 3.63) is 29.6 Å². The molecule has 0 aromatic heterocycles. The smallest absolute Gasteiger partial charge is 0.248 e. The highest BCUT2D eigenvalue weighted by atomic mass is 32.2. The van der Waals surface area contributed by atoms with Crippen molar-refractivity contribution >= 4 is 44.3 Å². The maximum atomic E-state index is 14.0. The predicted molar refractivity (Wildman–Crippen MR) is 94.1 cm³/mol. The molecule has 2 aliphatic rings. The topological polar surface area (TPSA) is 107 Å². The molecule has 2 fully saturated rings. The van der Waals surface area contributed by atoms with E-state index in [0.29, 0.717) is 11.3 Å². The molecule has 0 unspecified atom stereocenters. The summed E-state index contributed by atoms with van der Waals surface area (Å²) in [6, 6.07) is 4.05. The van der Waals surface area contributed by atoms with Crippen LogP contribution < -0.4 is 10.0 Å². The van der Waals surface area contributed by atoms with Gasteiger partial charge in [-0.25, -0.2) is 12.8 Å². The molecular weight excluding hydrogens is 383 g/mol. The number of carbonyl (C=O) groups excluding carboxylic acids is 2. The number of thioether (sulfide) groups is 1. The number of benzene rings is 1. The Bertz CT molecular complexity index is 900. The van der Waals surface area contributed by atoms with Crippen molar-refractivity contribution in [2.75, 3.05) is 16.4 Å². The number of aliphatic carboxylic acids is 1. The maximum absolute atomic E-state index is 14.0. The average molecular weight is 399 g/mol. The van der Waals surface area contributed by atoms with E-state index in [4.69, 9.17) is 0 Å². The Kier molecular flexibility index (Phi) is 5.07. The van der Waals surface area contributed by atoms with Crippen molar-refractivity contribution < 1.29 is 27.5 Å². The highest BCUT2D eigenvalue weighted by molar-refractivity contribution is 8.16. The lowest BCUT2D eigenvalue weighted by Crippen LogP contribution is -2.37. The van der Waals surface area contributed by atoms with E-state index in [1.165, 1.54) is 6.07 Å². The van der Waals surface area contributed by atoms with E-state index in [1.807, 2.05) is 0 Å². The number of fused-ring (bicyclic) bond motifs is 1. The van der Waals surface area contributed by atoms with Crippen LogP contribution in [0.2, 0.25) is 0 Å².